The number of hydrogen-bond acceptors (Lipinski definition) is 1. The average Bonchev–Trinajstić information content (AvgIpc) is 2.27. The molecule has 0 heterocycles. The Morgan fingerprint density at radius 2 is 1.76 bits per heavy atom. The lowest BCUT2D eigenvalue weighted by Gasteiger charge is -2.18. The highest BCUT2D eigenvalue weighted by Crippen LogP contribution is 2.16. The first-order valence-corrected chi connectivity index (χ1v) is 5.50. The first kappa shape index (κ1) is 14.0. The summed E-state index contributed by atoms with van der Waals surface area (Å²) in [6.07, 6.45) is -2.32. The topological polar surface area (TPSA) is 12.0 Å². The fourth-order valence-electron chi connectivity index (χ4n) is 1.53. The van der Waals surface area contributed by atoms with Gasteiger partial charge in [-0.1, -0.05) is 13.0 Å². The van der Waals surface area contributed by atoms with Crippen LogP contribution in [0.25, 0.3) is 0 Å². The number of hydrogen-bond donors (Lipinski definition) is 1. The molecule has 17 heavy (non-hydrogen) atoms. The number of benzene rings is 1. The van der Waals surface area contributed by atoms with Gasteiger partial charge in [0, 0.05) is 5.56 Å². The molecule has 1 atom stereocenters. The third-order valence-corrected chi connectivity index (χ3v) is 2.45. The Morgan fingerprint density at radius 1 is 1.18 bits per heavy atom. The Balaban J connectivity index is 2.78. The molecule has 0 saturated carbocycles. The van der Waals surface area contributed by atoms with Gasteiger partial charge in [-0.05, 0) is 31.5 Å². The first-order chi connectivity index (χ1) is 8.06. The number of rotatable bonds is 6. The lowest BCUT2D eigenvalue weighted by atomic mass is 10.0. The maximum absolute atomic E-state index is 13.3. The van der Waals surface area contributed by atoms with E-state index in [0.29, 0.717) is 13.0 Å². The lowest BCUT2D eigenvalue weighted by Crippen LogP contribution is -2.38. The van der Waals surface area contributed by atoms with Gasteiger partial charge in [0.2, 0.25) is 0 Å². The van der Waals surface area contributed by atoms with Gasteiger partial charge in [-0.3, -0.25) is 0 Å². The summed E-state index contributed by atoms with van der Waals surface area (Å²) in [6.45, 7) is 2.23. The fraction of sp³-hybridized carbons (Fsp3) is 0.500. The van der Waals surface area contributed by atoms with Crippen LogP contribution in [-0.4, -0.2) is 19.0 Å². The van der Waals surface area contributed by atoms with E-state index >= 15 is 0 Å². The maximum Gasteiger partial charge on any atom is 0.254 e. The van der Waals surface area contributed by atoms with Crippen LogP contribution >= 0.6 is 0 Å². The van der Waals surface area contributed by atoms with E-state index in [2.05, 4.69) is 5.32 Å². The van der Waals surface area contributed by atoms with E-state index in [9.17, 15) is 17.6 Å². The van der Waals surface area contributed by atoms with Gasteiger partial charge in [0.25, 0.3) is 6.43 Å². The zero-order chi connectivity index (χ0) is 12.8. The minimum Gasteiger partial charge on any atom is -0.309 e. The molecular weight excluding hydrogens is 234 g/mol. The van der Waals surface area contributed by atoms with E-state index in [1.165, 1.54) is 6.07 Å². The third kappa shape index (κ3) is 4.00. The minimum atomic E-state index is -2.65. The highest BCUT2D eigenvalue weighted by Gasteiger charge is 2.22. The second kappa shape index (κ2) is 6.59. The molecule has 0 spiro atoms. The molecule has 0 radical (unpaired) electrons. The minimum absolute atomic E-state index is 0.290. The molecular formula is C12H15F4N. The Kier molecular flexibility index (Phi) is 5.41. The Hall–Kier alpha value is -1.10. The van der Waals surface area contributed by atoms with E-state index in [4.69, 9.17) is 0 Å². The summed E-state index contributed by atoms with van der Waals surface area (Å²) < 4.78 is 51.9. The van der Waals surface area contributed by atoms with Crippen LogP contribution in [0.1, 0.15) is 18.9 Å². The first-order valence-electron chi connectivity index (χ1n) is 5.50. The van der Waals surface area contributed by atoms with Gasteiger partial charge in [-0.15, -0.1) is 0 Å². The summed E-state index contributed by atoms with van der Waals surface area (Å²) in [5.74, 6) is -1.57. The molecule has 0 aliphatic heterocycles. The molecule has 1 N–H and O–H groups in total. The highest BCUT2D eigenvalue weighted by molar-refractivity contribution is 5.20. The van der Waals surface area contributed by atoms with Gasteiger partial charge in [0.05, 0.1) is 6.04 Å². The van der Waals surface area contributed by atoms with Crippen molar-refractivity contribution in [2.45, 2.75) is 32.2 Å². The summed E-state index contributed by atoms with van der Waals surface area (Å²) >= 11 is 0. The van der Waals surface area contributed by atoms with E-state index < -0.39 is 24.1 Å². The van der Waals surface area contributed by atoms with E-state index in [0.717, 1.165) is 12.1 Å². The monoisotopic (exact) mass is 249 g/mol. The number of halogens is 4. The van der Waals surface area contributed by atoms with E-state index in [-0.39, 0.29) is 12.0 Å². The Morgan fingerprint density at radius 3 is 2.24 bits per heavy atom. The summed E-state index contributed by atoms with van der Waals surface area (Å²) in [5, 5.41) is 2.59. The van der Waals surface area contributed by atoms with Crippen molar-refractivity contribution < 1.29 is 17.6 Å². The SMILES string of the molecule is CCCNC(Cc1c(F)cccc1F)C(F)F. The van der Waals surface area contributed by atoms with Crippen molar-refractivity contribution in [2.75, 3.05) is 6.54 Å². The van der Waals surface area contributed by atoms with Crippen LogP contribution in [0.2, 0.25) is 0 Å². The molecule has 0 amide bonds. The molecule has 1 rings (SSSR count). The molecule has 96 valence electrons. The summed E-state index contributed by atoms with van der Waals surface area (Å²) in [5.41, 5.74) is -0.290. The smallest absolute Gasteiger partial charge is 0.254 e. The molecule has 1 unspecified atom stereocenters. The van der Waals surface area contributed by atoms with Gasteiger partial charge in [0.1, 0.15) is 11.6 Å². The van der Waals surface area contributed by atoms with E-state index in [1.54, 1.807) is 0 Å². The van der Waals surface area contributed by atoms with Gasteiger partial charge in [-0.25, -0.2) is 17.6 Å². The summed E-state index contributed by atoms with van der Waals surface area (Å²) in [7, 11) is 0. The van der Waals surface area contributed by atoms with Crippen molar-refractivity contribution in [3.8, 4) is 0 Å². The molecule has 0 aliphatic carbocycles. The van der Waals surface area contributed by atoms with Crippen LogP contribution in [-0.2, 0) is 6.42 Å². The second-order valence-electron chi connectivity index (χ2n) is 3.80. The predicted octanol–water partition coefficient (Wildman–Crippen LogP) is 3.14. The molecule has 1 aromatic rings. The largest absolute Gasteiger partial charge is 0.309 e. The van der Waals surface area contributed by atoms with Crippen LogP contribution in [0.3, 0.4) is 0 Å². The molecule has 1 nitrogen and oxygen atoms in total. The normalized spacial score (nSPS) is 13.1. The molecule has 0 saturated heterocycles. The van der Waals surface area contributed by atoms with Crippen LogP contribution in [0.5, 0.6) is 0 Å². The Labute approximate surface area is 97.8 Å². The van der Waals surface area contributed by atoms with Crippen molar-refractivity contribution >= 4 is 0 Å². The lowest BCUT2D eigenvalue weighted by molar-refractivity contribution is 0.0975. The van der Waals surface area contributed by atoms with Crippen molar-refractivity contribution in [2.24, 2.45) is 0 Å². The zero-order valence-electron chi connectivity index (χ0n) is 9.52. The molecule has 0 fully saturated rings. The third-order valence-electron chi connectivity index (χ3n) is 2.45. The van der Waals surface area contributed by atoms with Gasteiger partial charge in [-0.2, -0.15) is 0 Å². The maximum atomic E-state index is 13.3. The molecule has 0 aromatic heterocycles. The number of nitrogens with one attached hydrogen (secondary N) is 1. The molecule has 5 heteroatoms. The van der Waals surface area contributed by atoms with Gasteiger partial charge < -0.3 is 5.32 Å². The van der Waals surface area contributed by atoms with Crippen LogP contribution in [0.4, 0.5) is 17.6 Å². The Bertz CT molecular complexity index is 334. The van der Waals surface area contributed by atoms with Gasteiger partial charge >= 0.3 is 0 Å². The van der Waals surface area contributed by atoms with Crippen molar-refractivity contribution in [3.05, 3.63) is 35.4 Å². The standard InChI is InChI=1S/C12H15F4N/c1-2-6-17-11(12(15)16)7-8-9(13)4-3-5-10(8)14/h3-5,11-12,17H,2,6-7H2,1H3. The van der Waals surface area contributed by atoms with Gasteiger partial charge in [0.15, 0.2) is 0 Å². The molecule has 0 aliphatic rings. The quantitative estimate of drug-likeness (QED) is 0.764. The molecule has 0 bridgehead atoms. The summed E-state index contributed by atoms with van der Waals surface area (Å²) in [4.78, 5) is 0. The fourth-order valence-corrected chi connectivity index (χ4v) is 1.53. The average molecular weight is 249 g/mol. The van der Waals surface area contributed by atoms with Crippen molar-refractivity contribution in [3.63, 3.8) is 0 Å². The van der Waals surface area contributed by atoms with Crippen LogP contribution in [0, 0.1) is 11.6 Å². The number of alkyl halides is 2. The molecule has 1 aromatic carbocycles. The zero-order valence-corrected chi connectivity index (χ0v) is 9.52. The van der Waals surface area contributed by atoms with Crippen molar-refractivity contribution in [1.29, 1.82) is 0 Å². The summed E-state index contributed by atoms with van der Waals surface area (Å²) in [6, 6.07) is 2.13. The second-order valence-corrected chi connectivity index (χ2v) is 3.80. The van der Waals surface area contributed by atoms with Crippen LogP contribution < -0.4 is 5.32 Å². The van der Waals surface area contributed by atoms with Crippen molar-refractivity contribution in [1.82, 2.24) is 5.32 Å². The van der Waals surface area contributed by atoms with Crippen LogP contribution in [0.15, 0.2) is 18.2 Å². The van der Waals surface area contributed by atoms with E-state index in [1.807, 2.05) is 6.92 Å². The predicted molar refractivity (Wildman–Crippen MR) is 58.1 cm³/mol. The highest BCUT2D eigenvalue weighted by atomic mass is 19.3.